The van der Waals surface area contributed by atoms with E-state index in [9.17, 15) is 15.0 Å². The number of amides is 1. The Bertz CT molecular complexity index is 1400. The lowest BCUT2D eigenvalue weighted by Gasteiger charge is -2.17. The van der Waals surface area contributed by atoms with E-state index in [-0.39, 0.29) is 0 Å². The minimum Gasteiger partial charge on any atom is -0.495 e. The topological polar surface area (TPSA) is 181 Å². The van der Waals surface area contributed by atoms with Crippen molar-refractivity contribution in [1.82, 2.24) is 40.3 Å². The first kappa shape index (κ1) is 24.5. The average molecular weight is 508 g/mol. The number of ether oxygens (including phenoxy) is 2. The van der Waals surface area contributed by atoms with Gasteiger partial charge in [-0.2, -0.15) is 0 Å². The fourth-order valence-electron chi connectivity index (χ4n) is 3.99. The van der Waals surface area contributed by atoms with Gasteiger partial charge in [-0.3, -0.25) is 24.8 Å². The van der Waals surface area contributed by atoms with Gasteiger partial charge in [-0.05, 0) is 18.2 Å². The van der Waals surface area contributed by atoms with Crippen molar-refractivity contribution in [2.45, 2.75) is 31.1 Å². The molecule has 0 aliphatic carbocycles. The highest BCUT2D eigenvalue weighted by Gasteiger charge is 2.47. The molecule has 1 amide bonds. The molecule has 1 fully saturated rings. The van der Waals surface area contributed by atoms with E-state index in [1.807, 2.05) is 18.2 Å². The van der Waals surface area contributed by atoms with Crippen LogP contribution < -0.4 is 20.9 Å². The minimum atomic E-state index is -1.47. The predicted octanol–water partition coefficient (Wildman–Crippen LogP) is -0.226. The number of hydrazine groups is 1. The van der Waals surface area contributed by atoms with Crippen molar-refractivity contribution < 1.29 is 24.5 Å². The number of hydrogen-bond donors (Lipinski definition) is 5. The van der Waals surface area contributed by atoms with Crippen LogP contribution >= 0.6 is 0 Å². The number of imidazole rings is 1. The predicted molar refractivity (Wildman–Crippen MR) is 130 cm³/mol. The van der Waals surface area contributed by atoms with Crippen LogP contribution in [0.15, 0.2) is 49.2 Å². The summed E-state index contributed by atoms with van der Waals surface area (Å²) in [6, 6.07) is 7.32. The highest BCUT2D eigenvalue weighted by atomic mass is 16.6. The van der Waals surface area contributed by atoms with Crippen molar-refractivity contribution in [3.05, 3.63) is 54.9 Å². The van der Waals surface area contributed by atoms with E-state index in [0.29, 0.717) is 40.7 Å². The molecular weight excluding hydrogens is 482 g/mol. The van der Waals surface area contributed by atoms with E-state index < -0.39 is 30.4 Å². The quantitative estimate of drug-likeness (QED) is 0.198. The first-order valence-corrected chi connectivity index (χ1v) is 11.4. The largest absolute Gasteiger partial charge is 0.495 e. The third-order valence-electron chi connectivity index (χ3n) is 5.81. The number of rotatable bonds is 8. The summed E-state index contributed by atoms with van der Waals surface area (Å²) in [4.78, 5) is 34.6. The van der Waals surface area contributed by atoms with E-state index in [2.05, 4.69) is 41.1 Å². The molecule has 0 unspecified atom stereocenters. The Morgan fingerprint density at radius 3 is 2.81 bits per heavy atom. The molecule has 14 nitrogen and oxygen atoms in total. The maximum atomic E-state index is 12.3. The molecule has 5 N–H and O–H groups in total. The Morgan fingerprint density at radius 2 is 2.05 bits per heavy atom. The van der Waals surface area contributed by atoms with Crippen molar-refractivity contribution in [3.63, 3.8) is 0 Å². The molecule has 37 heavy (non-hydrogen) atoms. The molecule has 4 aromatic heterocycles. The number of nitrogens with zero attached hydrogens (tertiary/aromatic N) is 6. The smallest absolute Gasteiger partial charge is 0.266 e. The van der Waals surface area contributed by atoms with Crippen molar-refractivity contribution in [3.8, 4) is 17.1 Å². The summed E-state index contributed by atoms with van der Waals surface area (Å²) >= 11 is 0. The average Bonchev–Trinajstić information content (AvgIpc) is 3.48. The van der Waals surface area contributed by atoms with E-state index in [1.54, 1.807) is 24.7 Å². The summed E-state index contributed by atoms with van der Waals surface area (Å²) < 4.78 is 12.5. The number of anilines is 1. The van der Waals surface area contributed by atoms with Crippen molar-refractivity contribution in [2.75, 3.05) is 19.5 Å². The third kappa shape index (κ3) is 4.77. The first-order chi connectivity index (χ1) is 18.0. The lowest BCUT2D eigenvalue weighted by molar-refractivity contribution is -0.138. The maximum Gasteiger partial charge on any atom is 0.266 e. The number of carbonyl (C=O) groups excluding carboxylic acids is 1. The Hall–Kier alpha value is -4.24. The van der Waals surface area contributed by atoms with Gasteiger partial charge in [-0.25, -0.2) is 20.4 Å². The SMILES string of the molecule is CNNC(=O)[C@H]1O[C@@H](n2cnc3c(NCc4ccccn4)nc(-c4cncc(OC)c4)nc32)[C@H](O)[C@@H]1O. The van der Waals surface area contributed by atoms with E-state index in [0.717, 1.165) is 5.69 Å². The molecule has 1 aliphatic heterocycles. The zero-order chi connectivity index (χ0) is 25.9. The highest BCUT2D eigenvalue weighted by Crippen LogP contribution is 2.34. The maximum absolute atomic E-state index is 12.3. The normalized spacial score (nSPS) is 21.2. The lowest BCUT2D eigenvalue weighted by Crippen LogP contribution is -2.46. The van der Waals surface area contributed by atoms with Gasteiger partial charge in [-0.15, -0.1) is 0 Å². The highest BCUT2D eigenvalue weighted by molar-refractivity contribution is 5.85. The molecular formula is C23H25N9O5. The first-order valence-electron chi connectivity index (χ1n) is 11.4. The van der Waals surface area contributed by atoms with E-state index in [1.165, 1.54) is 25.1 Å². The van der Waals surface area contributed by atoms with Crippen LogP contribution in [0.5, 0.6) is 5.75 Å². The number of aromatic nitrogens is 6. The molecule has 0 spiro atoms. The van der Waals surface area contributed by atoms with Crippen LogP contribution in [0.3, 0.4) is 0 Å². The van der Waals surface area contributed by atoms with Crippen LogP contribution in [0.1, 0.15) is 11.9 Å². The van der Waals surface area contributed by atoms with Gasteiger partial charge in [0.15, 0.2) is 35.1 Å². The summed E-state index contributed by atoms with van der Waals surface area (Å²) in [5.74, 6) is 0.608. The van der Waals surface area contributed by atoms with Gasteiger partial charge in [0.25, 0.3) is 5.91 Å². The number of aliphatic hydroxyl groups is 2. The summed E-state index contributed by atoms with van der Waals surface area (Å²) in [7, 11) is 3.03. The molecule has 0 saturated carbocycles. The molecule has 1 saturated heterocycles. The van der Waals surface area contributed by atoms with Crippen molar-refractivity contribution >= 4 is 22.9 Å². The van der Waals surface area contributed by atoms with Crippen LogP contribution in [0, 0.1) is 0 Å². The molecule has 192 valence electrons. The number of nitrogens with one attached hydrogen (secondary N) is 3. The van der Waals surface area contributed by atoms with Gasteiger partial charge in [0.05, 0.1) is 31.9 Å². The van der Waals surface area contributed by atoms with Crippen LogP contribution in [0.25, 0.3) is 22.6 Å². The second kappa shape index (κ2) is 10.4. The fourth-order valence-corrected chi connectivity index (χ4v) is 3.99. The molecule has 5 heterocycles. The molecule has 14 heteroatoms. The molecule has 1 aliphatic rings. The molecule has 4 aromatic rings. The fraction of sp³-hybridized carbons (Fsp3) is 0.304. The van der Waals surface area contributed by atoms with Gasteiger partial charge in [0, 0.05) is 25.0 Å². The lowest BCUT2D eigenvalue weighted by atomic mass is 10.1. The number of carbonyl (C=O) groups is 1. The zero-order valence-electron chi connectivity index (χ0n) is 19.9. The molecule has 0 bridgehead atoms. The number of fused-ring (bicyclic) bond motifs is 1. The monoisotopic (exact) mass is 507 g/mol. The van der Waals surface area contributed by atoms with Gasteiger partial charge in [0.2, 0.25) is 0 Å². The summed E-state index contributed by atoms with van der Waals surface area (Å²) in [5, 5.41) is 24.5. The summed E-state index contributed by atoms with van der Waals surface area (Å²) in [6.45, 7) is 0.364. The molecule has 0 aromatic carbocycles. The van der Waals surface area contributed by atoms with Gasteiger partial charge in [-0.1, -0.05) is 6.07 Å². The molecule has 5 rings (SSSR count). The van der Waals surface area contributed by atoms with Crippen molar-refractivity contribution in [2.24, 2.45) is 0 Å². The minimum absolute atomic E-state index is 0.307. The van der Waals surface area contributed by atoms with Crippen LogP contribution in [-0.4, -0.2) is 78.1 Å². The Kier molecular flexibility index (Phi) is 6.87. The van der Waals surface area contributed by atoms with Gasteiger partial charge in [0.1, 0.15) is 18.0 Å². The van der Waals surface area contributed by atoms with E-state index in [4.69, 9.17) is 9.47 Å². The van der Waals surface area contributed by atoms with Crippen LogP contribution in [0.2, 0.25) is 0 Å². The number of aliphatic hydroxyl groups excluding tert-OH is 2. The van der Waals surface area contributed by atoms with Crippen LogP contribution in [-0.2, 0) is 16.1 Å². The number of pyridine rings is 2. The summed E-state index contributed by atoms with van der Waals surface area (Å²) in [6.07, 6.45) is 0.922. The van der Waals surface area contributed by atoms with Gasteiger partial charge < -0.3 is 25.0 Å². The van der Waals surface area contributed by atoms with E-state index >= 15 is 0 Å². The summed E-state index contributed by atoms with van der Waals surface area (Å²) in [5.41, 5.74) is 6.91. The Morgan fingerprint density at radius 1 is 1.19 bits per heavy atom. The number of hydrogen-bond acceptors (Lipinski definition) is 12. The third-order valence-corrected chi connectivity index (χ3v) is 5.81. The number of methoxy groups -OCH3 is 1. The molecule has 4 atom stereocenters. The van der Waals surface area contributed by atoms with Gasteiger partial charge >= 0.3 is 0 Å². The Balaban J connectivity index is 1.57. The second-order valence-corrected chi connectivity index (χ2v) is 8.18. The van der Waals surface area contributed by atoms with Crippen molar-refractivity contribution in [1.29, 1.82) is 0 Å². The standard InChI is InChI=1S/C23H25N9O5/c1-24-31-22(35)18-16(33)17(34)23(37-18)32-11-28-15-20(27-9-13-5-3-4-6-26-13)29-19(30-21(15)32)12-7-14(36-2)10-25-8-12/h3-8,10-11,16-18,23-24,33-34H,9H2,1-2H3,(H,31,35)(H,27,29,30)/t16-,17+,18-,23+/m0/s1. The molecule has 0 radical (unpaired) electrons. The second-order valence-electron chi connectivity index (χ2n) is 8.18. The zero-order valence-corrected chi connectivity index (χ0v) is 19.9. The van der Waals surface area contributed by atoms with Crippen LogP contribution in [0.4, 0.5) is 5.82 Å². The Labute approximate surface area is 210 Å².